The van der Waals surface area contributed by atoms with Crippen molar-refractivity contribution in [1.29, 1.82) is 0 Å². The topological polar surface area (TPSA) is 104 Å². The number of hydrogen-bond acceptors (Lipinski definition) is 7. The van der Waals surface area contributed by atoms with Crippen molar-refractivity contribution in [2.24, 2.45) is 0 Å². The molecule has 1 atom stereocenters. The molecule has 0 radical (unpaired) electrons. The molecule has 36 heavy (non-hydrogen) atoms. The number of carbonyl (C=O) groups excluding carboxylic acids is 1. The van der Waals surface area contributed by atoms with Crippen LogP contribution in [0.3, 0.4) is 0 Å². The number of nitrogen functional groups attached to an aromatic ring is 1. The number of fused-ring (bicyclic) bond motifs is 1. The smallest absolute Gasteiger partial charge is 0.375 e. The SMILES string of the molecule is Nc1nc2ccc(C3(c4ccc(C(F)(F)F)cc4)C=CN(Cc4ccc(C(=O)NO)cc4)N3)cc2s1. The lowest BCUT2D eigenvalue weighted by Crippen LogP contribution is -2.44. The lowest BCUT2D eigenvalue weighted by atomic mass is 9.83. The number of anilines is 1. The molecule has 1 aliphatic rings. The lowest BCUT2D eigenvalue weighted by molar-refractivity contribution is -0.137. The van der Waals surface area contributed by atoms with Gasteiger partial charge in [-0.2, -0.15) is 13.2 Å². The van der Waals surface area contributed by atoms with Crippen LogP contribution >= 0.6 is 11.3 Å². The van der Waals surface area contributed by atoms with Gasteiger partial charge in [0.2, 0.25) is 0 Å². The molecule has 3 aromatic carbocycles. The van der Waals surface area contributed by atoms with E-state index >= 15 is 0 Å². The van der Waals surface area contributed by atoms with Gasteiger partial charge >= 0.3 is 6.18 Å². The summed E-state index contributed by atoms with van der Waals surface area (Å²) >= 11 is 1.34. The molecule has 0 saturated carbocycles. The highest BCUT2D eigenvalue weighted by Crippen LogP contribution is 2.39. The fourth-order valence-corrected chi connectivity index (χ4v) is 4.99. The van der Waals surface area contributed by atoms with Gasteiger partial charge in [-0.3, -0.25) is 10.0 Å². The Morgan fingerprint density at radius 1 is 1.08 bits per heavy atom. The molecule has 0 spiro atoms. The summed E-state index contributed by atoms with van der Waals surface area (Å²) in [5.41, 5.74) is 12.6. The predicted molar refractivity (Wildman–Crippen MR) is 130 cm³/mol. The maximum absolute atomic E-state index is 13.2. The lowest BCUT2D eigenvalue weighted by Gasteiger charge is -2.33. The Bertz CT molecular complexity index is 1450. The fraction of sp³-hybridized carbons (Fsp3) is 0.120. The molecule has 5 N–H and O–H groups in total. The van der Waals surface area contributed by atoms with Crippen molar-refractivity contribution in [1.82, 2.24) is 20.9 Å². The molecule has 5 rings (SSSR count). The van der Waals surface area contributed by atoms with E-state index in [4.69, 9.17) is 10.9 Å². The largest absolute Gasteiger partial charge is 0.416 e. The number of benzene rings is 3. The van der Waals surface area contributed by atoms with Crippen LogP contribution in [0.1, 0.15) is 32.6 Å². The molecular formula is C25H20F3N5O2S. The van der Waals surface area contributed by atoms with Crippen LogP contribution < -0.4 is 16.6 Å². The molecular weight excluding hydrogens is 491 g/mol. The average Bonchev–Trinajstić information content (AvgIpc) is 3.46. The maximum atomic E-state index is 13.2. The van der Waals surface area contributed by atoms with E-state index in [0.717, 1.165) is 33.5 Å². The zero-order valence-corrected chi connectivity index (χ0v) is 19.4. The summed E-state index contributed by atoms with van der Waals surface area (Å²) in [6.07, 6.45) is -0.708. The third-order valence-electron chi connectivity index (χ3n) is 6.02. The molecule has 0 bridgehead atoms. The zero-order valence-electron chi connectivity index (χ0n) is 18.6. The summed E-state index contributed by atoms with van der Waals surface area (Å²) in [6, 6.07) is 17.4. The first-order chi connectivity index (χ1) is 17.2. The Morgan fingerprint density at radius 3 is 2.44 bits per heavy atom. The number of nitrogens with two attached hydrogens (primary N) is 1. The number of nitrogens with zero attached hydrogens (tertiary/aromatic N) is 2. The number of hydrogen-bond donors (Lipinski definition) is 4. The Hall–Kier alpha value is -3.93. The number of rotatable bonds is 5. The molecule has 0 fully saturated rings. The van der Waals surface area contributed by atoms with Gasteiger partial charge in [0.15, 0.2) is 5.13 Å². The van der Waals surface area contributed by atoms with E-state index in [1.807, 2.05) is 35.5 Å². The van der Waals surface area contributed by atoms with E-state index in [9.17, 15) is 18.0 Å². The minimum absolute atomic E-state index is 0.308. The highest BCUT2D eigenvalue weighted by molar-refractivity contribution is 7.22. The van der Waals surface area contributed by atoms with Crippen LogP contribution in [0.15, 0.2) is 79.0 Å². The van der Waals surface area contributed by atoms with E-state index < -0.39 is 23.2 Å². The monoisotopic (exact) mass is 511 g/mol. The van der Waals surface area contributed by atoms with E-state index in [1.54, 1.807) is 29.7 Å². The normalized spacial score (nSPS) is 17.6. The molecule has 1 aliphatic heterocycles. The molecule has 1 amide bonds. The standard InChI is InChI=1S/C25H20F3N5O2S/c26-25(27,28)18-7-5-17(6-8-18)24(19-9-10-20-21(13-19)36-23(29)30-20)11-12-33(32-24)14-15-1-3-16(4-2-15)22(34)31-35/h1-13,32,35H,14H2,(H2,29,30)(H,31,34). The second-order valence-corrected chi connectivity index (χ2v) is 9.37. The van der Waals surface area contributed by atoms with Gasteiger partial charge in [-0.1, -0.05) is 41.7 Å². The van der Waals surface area contributed by atoms with Crippen molar-refractivity contribution in [3.05, 3.63) is 107 Å². The van der Waals surface area contributed by atoms with E-state index in [1.165, 1.54) is 23.5 Å². The Morgan fingerprint density at radius 2 is 1.78 bits per heavy atom. The zero-order chi connectivity index (χ0) is 25.5. The third kappa shape index (κ3) is 4.39. The third-order valence-corrected chi connectivity index (χ3v) is 6.87. The van der Waals surface area contributed by atoms with Crippen LogP contribution in [0.2, 0.25) is 0 Å². The van der Waals surface area contributed by atoms with Gasteiger partial charge in [0, 0.05) is 11.8 Å². The van der Waals surface area contributed by atoms with Crippen LogP contribution in [-0.2, 0) is 18.3 Å². The van der Waals surface area contributed by atoms with Gasteiger partial charge in [-0.25, -0.2) is 15.9 Å². The first kappa shape index (κ1) is 23.8. The van der Waals surface area contributed by atoms with Crippen molar-refractivity contribution in [2.75, 3.05) is 5.73 Å². The molecule has 2 heterocycles. The molecule has 0 aliphatic carbocycles. The number of amides is 1. The highest BCUT2D eigenvalue weighted by Gasteiger charge is 2.38. The Balaban J connectivity index is 1.49. The predicted octanol–water partition coefficient (Wildman–Crippen LogP) is 4.79. The molecule has 1 aromatic heterocycles. The van der Waals surface area contributed by atoms with Gasteiger partial charge in [0.25, 0.3) is 5.91 Å². The minimum Gasteiger partial charge on any atom is -0.375 e. The number of hydroxylamine groups is 1. The number of aromatic nitrogens is 1. The quantitative estimate of drug-likeness (QED) is 0.227. The Kier molecular flexibility index (Phi) is 5.91. The van der Waals surface area contributed by atoms with Gasteiger partial charge in [0.05, 0.1) is 22.3 Å². The van der Waals surface area contributed by atoms with Crippen molar-refractivity contribution >= 4 is 32.6 Å². The number of carbonyl (C=O) groups is 1. The summed E-state index contributed by atoms with van der Waals surface area (Å²) in [6.45, 7) is 0.412. The van der Waals surface area contributed by atoms with Crippen molar-refractivity contribution in [3.63, 3.8) is 0 Å². The van der Waals surface area contributed by atoms with E-state index in [2.05, 4.69) is 10.4 Å². The first-order valence-electron chi connectivity index (χ1n) is 10.8. The summed E-state index contributed by atoms with van der Waals surface area (Å²) < 4.78 is 40.5. The molecule has 0 saturated heterocycles. The molecule has 11 heteroatoms. The molecule has 4 aromatic rings. The second kappa shape index (κ2) is 8.94. The molecule has 184 valence electrons. The van der Waals surface area contributed by atoms with Crippen molar-refractivity contribution in [2.45, 2.75) is 18.3 Å². The van der Waals surface area contributed by atoms with Gasteiger partial charge < -0.3 is 10.7 Å². The number of alkyl halides is 3. The number of nitrogens with one attached hydrogen (secondary N) is 2. The van der Waals surface area contributed by atoms with Crippen LogP contribution in [0.25, 0.3) is 10.2 Å². The van der Waals surface area contributed by atoms with Crippen LogP contribution in [-0.4, -0.2) is 21.1 Å². The van der Waals surface area contributed by atoms with Gasteiger partial charge in [-0.05, 0) is 59.2 Å². The minimum atomic E-state index is -4.44. The first-order valence-corrected chi connectivity index (χ1v) is 11.6. The summed E-state index contributed by atoms with van der Waals surface area (Å²) in [7, 11) is 0. The Labute approximate surface area is 207 Å². The molecule has 1 unspecified atom stereocenters. The van der Waals surface area contributed by atoms with Crippen molar-refractivity contribution < 1.29 is 23.2 Å². The number of halogens is 3. The van der Waals surface area contributed by atoms with Crippen molar-refractivity contribution in [3.8, 4) is 0 Å². The van der Waals surface area contributed by atoms with Crippen LogP contribution in [0.4, 0.5) is 18.3 Å². The summed E-state index contributed by atoms with van der Waals surface area (Å²) in [5.74, 6) is -0.610. The number of thiazole rings is 1. The van der Waals surface area contributed by atoms with E-state index in [0.29, 0.717) is 22.8 Å². The van der Waals surface area contributed by atoms with Crippen LogP contribution in [0.5, 0.6) is 0 Å². The van der Waals surface area contributed by atoms with Gasteiger partial charge in [0.1, 0.15) is 5.54 Å². The van der Waals surface area contributed by atoms with Gasteiger partial charge in [-0.15, -0.1) is 0 Å². The highest BCUT2D eigenvalue weighted by atomic mass is 32.1. The average molecular weight is 512 g/mol. The summed E-state index contributed by atoms with van der Waals surface area (Å²) in [4.78, 5) is 15.9. The molecule has 7 nitrogen and oxygen atoms in total. The second-order valence-electron chi connectivity index (χ2n) is 8.31. The number of hydrazine groups is 1. The summed E-state index contributed by atoms with van der Waals surface area (Å²) in [5, 5.41) is 11.0. The maximum Gasteiger partial charge on any atom is 0.416 e. The fourth-order valence-electron chi connectivity index (χ4n) is 4.22. The van der Waals surface area contributed by atoms with Crippen LogP contribution in [0, 0.1) is 0 Å². The van der Waals surface area contributed by atoms with E-state index in [-0.39, 0.29) is 0 Å².